The van der Waals surface area contributed by atoms with Crippen LogP contribution in [0.1, 0.15) is 98.8 Å². The Labute approximate surface area is 122 Å². The Morgan fingerprint density at radius 2 is 1.32 bits per heavy atom. The SMILES string of the molecule is C.CC(CC(C)(C)C1CCCCC1)C1CCCCC1. The van der Waals surface area contributed by atoms with Gasteiger partial charge in [-0.05, 0) is 42.4 Å². The Bertz CT molecular complexity index is 228. The van der Waals surface area contributed by atoms with Crippen LogP contribution in [-0.2, 0) is 0 Å². The second-order valence-electron chi connectivity index (χ2n) is 7.90. The van der Waals surface area contributed by atoms with Crippen molar-refractivity contribution in [3.63, 3.8) is 0 Å². The first-order valence-corrected chi connectivity index (χ1v) is 8.59. The molecule has 0 amide bonds. The Balaban J connectivity index is 0.00000180. The van der Waals surface area contributed by atoms with Gasteiger partial charge >= 0.3 is 0 Å². The maximum Gasteiger partial charge on any atom is -0.0323 e. The van der Waals surface area contributed by atoms with Gasteiger partial charge in [0.2, 0.25) is 0 Å². The molecule has 2 aliphatic carbocycles. The van der Waals surface area contributed by atoms with Crippen LogP contribution < -0.4 is 0 Å². The van der Waals surface area contributed by atoms with Crippen molar-refractivity contribution in [2.45, 2.75) is 98.8 Å². The Hall–Kier alpha value is 0. The highest BCUT2D eigenvalue weighted by molar-refractivity contribution is 4.84. The minimum absolute atomic E-state index is 0. The van der Waals surface area contributed by atoms with Gasteiger partial charge in [-0.3, -0.25) is 0 Å². The molecule has 19 heavy (non-hydrogen) atoms. The van der Waals surface area contributed by atoms with Gasteiger partial charge < -0.3 is 0 Å². The molecule has 114 valence electrons. The van der Waals surface area contributed by atoms with Crippen LogP contribution in [0.3, 0.4) is 0 Å². The van der Waals surface area contributed by atoms with E-state index in [4.69, 9.17) is 0 Å². The predicted octanol–water partition coefficient (Wildman–Crippen LogP) is 6.84. The Kier molecular flexibility index (Phi) is 6.91. The molecule has 0 bridgehead atoms. The first kappa shape index (κ1) is 17.1. The molecule has 0 aromatic heterocycles. The molecule has 0 heteroatoms. The van der Waals surface area contributed by atoms with Crippen molar-refractivity contribution in [3.8, 4) is 0 Å². The third kappa shape index (κ3) is 4.80. The second-order valence-corrected chi connectivity index (χ2v) is 7.90. The van der Waals surface area contributed by atoms with Crippen molar-refractivity contribution < 1.29 is 0 Å². The summed E-state index contributed by atoms with van der Waals surface area (Å²) in [6.45, 7) is 7.66. The monoisotopic (exact) mass is 266 g/mol. The van der Waals surface area contributed by atoms with Crippen LogP contribution in [0.25, 0.3) is 0 Å². The Morgan fingerprint density at radius 3 is 1.84 bits per heavy atom. The van der Waals surface area contributed by atoms with Crippen LogP contribution in [0.4, 0.5) is 0 Å². The first-order chi connectivity index (χ1) is 8.59. The highest BCUT2D eigenvalue weighted by Gasteiger charge is 2.33. The van der Waals surface area contributed by atoms with Gasteiger partial charge in [-0.25, -0.2) is 0 Å². The summed E-state index contributed by atoms with van der Waals surface area (Å²) in [5, 5.41) is 0. The highest BCUT2D eigenvalue weighted by atomic mass is 14.4. The standard InChI is InChI=1S/C18H34.CH4/c1-15(16-10-6-4-7-11-16)14-18(2,3)17-12-8-5-9-13-17;/h15-17H,4-14H2,1-3H3;1H4. The fourth-order valence-electron chi connectivity index (χ4n) is 4.75. The van der Waals surface area contributed by atoms with Crippen molar-refractivity contribution in [1.82, 2.24) is 0 Å². The summed E-state index contributed by atoms with van der Waals surface area (Å²) in [6, 6.07) is 0. The molecule has 0 saturated heterocycles. The molecule has 0 aliphatic heterocycles. The van der Waals surface area contributed by atoms with Gasteiger partial charge in [0.05, 0.1) is 0 Å². The summed E-state index contributed by atoms with van der Waals surface area (Å²) in [5.74, 6) is 3.01. The van der Waals surface area contributed by atoms with Gasteiger partial charge in [-0.2, -0.15) is 0 Å². The molecular formula is C19H38. The van der Waals surface area contributed by atoms with E-state index in [2.05, 4.69) is 20.8 Å². The van der Waals surface area contributed by atoms with Crippen LogP contribution in [0.15, 0.2) is 0 Å². The summed E-state index contributed by atoms with van der Waals surface area (Å²) < 4.78 is 0. The summed E-state index contributed by atoms with van der Waals surface area (Å²) in [6.07, 6.45) is 16.5. The van der Waals surface area contributed by atoms with Crippen LogP contribution in [0, 0.1) is 23.2 Å². The minimum atomic E-state index is 0. The smallest absolute Gasteiger partial charge is 0.0323 e. The average Bonchev–Trinajstić information content (AvgIpc) is 2.40. The largest absolute Gasteiger partial charge is 0.0776 e. The van der Waals surface area contributed by atoms with Crippen LogP contribution in [-0.4, -0.2) is 0 Å². The fraction of sp³-hybridized carbons (Fsp3) is 1.00. The zero-order valence-electron chi connectivity index (χ0n) is 13.0. The van der Waals surface area contributed by atoms with E-state index < -0.39 is 0 Å². The summed E-state index contributed by atoms with van der Waals surface area (Å²) in [5.41, 5.74) is 0.595. The lowest BCUT2D eigenvalue weighted by Crippen LogP contribution is -2.30. The van der Waals surface area contributed by atoms with Gasteiger partial charge in [0.15, 0.2) is 0 Å². The Morgan fingerprint density at radius 1 is 0.842 bits per heavy atom. The maximum atomic E-state index is 2.56. The summed E-state index contributed by atoms with van der Waals surface area (Å²) in [7, 11) is 0. The van der Waals surface area contributed by atoms with E-state index >= 15 is 0 Å². The normalized spacial score (nSPS) is 24.8. The lowest BCUT2D eigenvalue weighted by molar-refractivity contribution is 0.0996. The van der Waals surface area contributed by atoms with E-state index in [-0.39, 0.29) is 7.43 Å². The lowest BCUT2D eigenvalue weighted by atomic mass is 9.65. The van der Waals surface area contributed by atoms with Gasteiger partial charge in [0, 0.05) is 0 Å². The number of hydrogen-bond acceptors (Lipinski definition) is 0. The molecular weight excluding hydrogens is 228 g/mol. The number of hydrogen-bond donors (Lipinski definition) is 0. The van der Waals surface area contributed by atoms with E-state index in [9.17, 15) is 0 Å². The summed E-state index contributed by atoms with van der Waals surface area (Å²) >= 11 is 0. The number of rotatable bonds is 4. The van der Waals surface area contributed by atoms with Crippen LogP contribution in [0.2, 0.25) is 0 Å². The molecule has 1 unspecified atom stereocenters. The molecule has 1 atom stereocenters. The molecule has 2 aliphatic rings. The maximum absolute atomic E-state index is 2.56. The molecule has 2 fully saturated rings. The van der Waals surface area contributed by atoms with Gasteiger partial charge in [-0.15, -0.1) is 0 Å². The quantitative estimate of drug-likeness (QED) is 0.523. The van der Waals surface area contributed by atoms with Gasteiger partial charge in [0.25, 0.3) is 0 Å². The third-order valence-electron chi connectivity index (χ3n) is 6.01. The van der Waals surface area contributed by atoms with Crippen molar-refractivity contribution in [2.75, 3.05) is 0 Å². The lowest BCUT2D eigenvalue weighted by Gasteiger charge is -2.41. The summed E-state index contributed by atoms with van der Waals surface area (Å²) in [4.78, 5) is 0. The zero-order valence-corrected chi connectivity index (χ0v) is 13.0. The van der Waals surface area contributed by atoms with E-state index in [1.807, 2.05) is 0 Å². The molecule has 0 radical (unpaired) electrons. The molecule has 0 N–H and O–H groups in total. The molecule has 2 saturated carbocycles. The molecule has 2 rings (SSSR count). The van der Waals surface area contributed by atoms with Crippen LogP contribution in [0.5, 0.6) is 0 Å². The zero-order chi connectivity index (χ0) is 13.0. The second kappa shape index (κ2) is 7.70. The molecule has 0 spiro atoms. The molecule has 0 aromatic rings. The van der Waals surface area contributed by atoms with Gasteiger partial charge in [0.1, 0.15) is 0 Å². The van der Waals surface area contributed by atoms with E-state index in [1.54, 1.807) is 0 Å². The van der Waals surface area contributed by atoms with E-state index in [0.29, 0.717) is 5.41 Å². The fourth-order valence-corrected chi connectivity index (χ4v) is 4.75. The minimum Gasteiger partial charge on any atom is -0.0776 e. The molecule has 0 heterocycles. The van der Waals surface area contributed by atoms with E-state index in [1.165, 1.54) is 70.6 Å². The average molecular weight is 267 g/mol. The van der Waals surface area contributed by atoms with Crippen molar-refractivity contribution in [2.24, 2.45) is 23.2 Å². The van der Waals surface area contributed by atoms with Crippen molar-refractivity contribution >= 4 is 0 Å². The first-order valence-electron chi connectivity index (χ1n) is 8.59. The third-order valence-corrected chi connectivity index (χ3v) is 6.01. The van der Waals surface area contributed by atoms with Crippen LogP contribution >= 0.6 is 0 Å². The predicted molar refractivity (Wildman–Crippen MR) is 87.4 cm³/mol. The highest BCUT2D eigenvalue weighted by Crippen LogP contribution is 2.45. The van der Waals surface area contributed by atoms with Crippen molar-refractivity contribution in [3.05, 3.63) is 0 Å². The van der Waals surface area contributed by atoms with Gasteiger partial charge in [-0.1, -0.05) is 79.6 Å². The van der Waals surface area contributed by atoms with Crippen molar-refractivity contribution in [1.29, 1.82) is 0 Å². The molecule has 0 aromatic carbocycles. The van der Waals surface area contributed by atoms with E-state index in [0.717, 1.165) is 17.8 Å². The topological polar surface area (TPSA) is 0 Å². The molecule has 0 nitrogen and oxygen atoms in total.